The maximum absolute atomic E-state index is 9.25. The van der Waals surface area contributed by atoms with E-state index >= 15 is 0 Å². The van der Waals surface area contributed by atoms with E-state index in [0.29, 0.717) is 0 Å². The Labute approximate surface area is 53.4 Å². The van der Waals surface area contributed by atoms with Gasteiger partial charge < -0.3 is 14.9 Å². The minimum Gasteiger partial charge on any atom is -0.478 e. The summed E-state index contributed by atoms with van der Waals surface area (Å²) in [5.74, 6) is -0.981. The van der Waals surface area contributed by atoms with Crippen LogP contribution < -0.4 is 5.50 Å². The second-order valence-electron chi connectivity index (χ2n) is 0.863. The summed E-state index contributed by atoms with van der Waals surface area (Å²) in [5, 5.41) is 7.60. The number of hydrogen-bond donors (Lipinski definition) is 4. The summed E-state index contributed by atoms with van der Waals surface area (Å²) in [7, 11) is -2.12. The number of hydrogen-bond acceptors (Lipinski definition) is 4. The van der Waals surface area contributed by atoms with Gasteiger partial charge in [0.05, 0.1) is 0 Å². The molecule has 6 heteroatoms. The van der Waals surface area contributed by atoms with Gasteiger partial charge in [-0.25, -0.2) is 4.79 Å². The van der Waals surface area contributed by atoms with E-state index in [9.17, 15) is 4.79 Å². The van der Waals surface area contributed by atoms with Crippen LogP contribution >= 0.6 is 8.53 Å². The molecular weight excluding hydrogens is 145 g/mol. The second-order valence-corrected chi connectivity index (χ2v) is 1.50. The van der Waals surface area contributed by atoms with E-state index in [-0.39, 0.29) is 0 Å². The zero-order chi connectivity index (χ0) is 7.86. The van der Waals surface area contributed by atoms with Gasteiger partial charge in [-0.1, -0.05) is 6.58 Å². The lowest BCUT2D eigenvalue weighted by Gasteiger charge is -1.79. The van der Waals surface area contributed by atoms with E-state index in [4.69, 9.17) is 14.9 Å². The fourth-order valence-corrected chi connectivity index (χ4v) is 0. The van der Waals surface area contributed by atoms with Crippen LogP contribution in [0.3, 0.4) is 0 Å². The lowest BCUT2D eigenvalue weighted by Crippen LogP contribution is -1.82. The van der Waals surface area contributed by atoms with E-state index in [0.717, 1.165) is 6.08 Å². The number of rotatable bonds is 1. The van der Waals surface area contributed by atoms with Gasteiger partial charge in [0.1, 0.15) is 0 Å². The normalized spacial score (nSPS) is 7.56. The van der Waals surface area contributed by atoms with Gasteiger partial charge in [-0.3, -0.25) is 5.50 Å². The molecule has 0 amide bonds. The third-order valence-corrected chi connectivity index (χ3v) is 0.175. The minimum absolute atomic E-state index is 0.833. The van der Waals surface area contributed by atoms with Gasteiger partial charge >= 0.3 is 5.97 Å². The molecule has 0 unspecified atom stereocenters. The van der Waals surface area contributed by atoms with Crippen molar-refractivity contribution in [1.82, 2.24) is 0 Å². The van der Waals surface area contributed by atoms with Crippen LogP contribution in [0.2, 0.25) is 0 Å². The number of aliphatic carboxylic acids is 1. The summed E-state index contributed by atoms with van der Waals surface area (Å²) in [5.41, 5.74) is 4.29. The Hall–Kier alpha value is -0.480. The first-order chi connectivity index (χ1) is 4.00. The Bertz CT molecular complexity index is 91.1. The fourth-order valence-electron chi connectivity index (χ4n) is 0. The van der Waals surface area contributed by atoms with Crippen molar-refractivity contribution < 1.29 is 19.7 Å². The zero-order valence-corrected chi connectivity index (χ0v) is 5.45. The second kappa shape index (κ2) is 7.52. The standard InChI is InChI=1S/C3H4O2.H4NO2P/c1-2-3(4)5;1-4(2)3/h2H,1H2,(H,4,5);2-3H,1H2. The Kier molecular flexibility index (Phi) is 9.47. The highest BCUT2D eigenvalue weighted by atomic mass is 31.2. The molecule has 0 fully saturated rings. The molecule has 0 heterocycles. The number of carboxylic acids is 1. The smallest absolute Gasteiger partial charge is 0.327 e. The largest absolute Gasteiger partial charge is 0.478 e. The van der Waals surface area contributed by atoms with Gasteiger partial charge in [-0.05, 0) is 0 Å². The number of carbonyl (C=O) groups is 1. The summed E-state index contributed by atoms with van der Waals surface area (Å²) < 4.78 is 0. The summed E-state index contributed by atoms with van der Waals surface area (Å²) in [6.45, 7) is 2.96. The summed E-state index contributed by atoms with van der Waals surface area (Å²) >= 11 is 0. The highest BCUT2D eigenvalue weighted by Crippen LogP contribution is 2.05. The monoisotopic (exact) mass is 153 g/mol. The van der Waals surface area contributed by atoms with Crippen molar-refractivity contribution in [3.63, 3.8) is 0 Å². The van der Waals surface area contributed by atoms with Gasteiger partial charge in [0, 0.05) is 6.08 Å². The van der Waals surface area contributed by atoms with Crippen molar-refractivity contribution in [2.24, 2.45) is 5.50 Å². The molecule has 0 rings (SSSR count). The molecule has 0 aromatic rings. The fraction of sp³-hybridized carbons (Fsp3) is 0. The van der Waals surface area contributed by atoms with Crippen LogP contribution in [0.15, 0.2) is 12.7 Å². The van der Waals surface area contributed by atoms with Crippen molar-refractivity contribution in [3.05, 3.63) is 12.7 Å². The molecule has 0 saturated heterocycles. The summed E-state index contributed by atoms with van der Waals surface area (Å²) in [4.78, 5) is 24.2. The highest BCUT2D eigenvalue weighted by molar-refractivity contribution is 7.42. The van der Waals surface area contributed by atoms with Gasteiger partial charge in [0.15, 0.2) is 0 Å². The Morgan fingerprint density at radius 1 is 1.67 bits per heavy atom. The first-order valence-corrected chi connectivity index (χ1v) is 3.10. The van der Waals surface area contributed by atoms with Crippen molar-refractivity contribution in [2.75, 3.05) is 0 Å². The van der Waals surface area contributed by atoms with Crippen LogP contribution in [-0.2, 0) is 4.79 Å². The first-order valence-electron chi connectivity index (χ1n) is 1.78. The minimum atomic E-state index is -2.12. The SMILES string of the molecule is C=CC(=O)O.NP(O)O. The predicted molar refractivity (Wildman–Crippen MR) is 33.4 cm³/mol. The van der Waals surface area contributed by atoms with Crippen molar-refractivity contribution in [2.45, 2.75) is 0 Å². The van der Waals surface area contributed by atoms with Crippen molar-refractivity contribution in [1.29, 1.82) is 0 Å². The van der Waals surface area contributed by atoms with Crippen molar-refractivity contribution >= 4 is 14.5 Å². The lowest BCUT2D eigenvalue weighted by atomic mass is 10.7. The van der Waals surface area contributed by atoms with Gasteiger partial charge in [-0.2, -0.15) is 0 Å². The third kappa shape index (κ3) is 99.2. The number of nitrogens with two attached hydrogens (primary N) is 1. The molecule has 0 radical (unpaired) electrons. The molecule has 0 spiro atoms. The van der Waals surface area contributed by atoms with E-state index in [1.54, 1.807) is 0 Å². The van der Waals surface area contributed by atoms with E-state index in [2.05, 4.69) is 12.1 Å². The molecular formula is C3H8NO4P. The summed E-state index contributed by atoms with van der Waals surface area (Å²) in [6.07, 6.45) is 0.833. The maximum Gasteiger partial charge on any atom is 0.327 e. The molecule has 5 nitrogen and oxygen atoms in total. The quantitative estimate of drug-likeness (QED) is 0.298. The van der Waals surface area contributed by atoms with E-state index in [1.165, 1.54) is 0 Å². The van der Waals surface area contributed by atoms with Crippen LogP contribution in [0.4, 0.5) is 0 Å². The Balaban J connectivity index is 0. The van der Waals surface area contributed by atoms with E-state index in [1.807, 2.05) is 0 Å². The molecule has 0 aromatic heterocycles. The lowest BCUT2D eigenvalue weighted by molar-refractivity contribution is -0.131. The average Bonchev–Trinajstić information content (AvgIpc) is 1.65. The highest BCUT2D eigenvalue weighted by Gasteiger charge is 1.73. The molecule has 54 valence electrons. The van der Waals surface area contributed by atoms with E-state index < -0.39 is 14.5 Å². The maximum atomic E-state index is 9.25. The van der Waals surface area contributed by atoms with Crippen LogP contribution in [0.25, 0.3) is 0 Å². The van der Waals surface area contributed by atoms with Gasteiger partial charge in [-0.15, -0.1) is 0 Å². The number of carboxylic acid groups (broad SMARTS) is 1. The molecule has 0 atom stereocenters. The molecule has 0 bridgehead atoms. The van der Waals surface area contributed by atoms with Crippen molar-refractivity contribution in [3.8, 4) is 0 Å². The van der Waals surface area contributed by atoms with Gasteiger partial charge in [0.2, 0.25) is 8.53 Å². The Morgan fingerprint density at radius 3 is 1.78 bits per heavy atom. The topological polar surface area (TPSA) is 104 Å². The first kappa shape index (κ1) is 11.3. The molecule has 0 aromatic carbocycles. The predicted octanol–water partition coefficient (Wildman–Crippen LogP) is -0.586. The molecule has 0 aliphatic carbocycles. The van der Waals surface area contributed by atoms with Crippen LogP contribution in [0.1, 0.15) is 0 Å². The van der Waals surface area contributed by atoms with Gasteiger partial charge in [0.25, 0.3) is 0 Å². The third-order valence-electron chi connectivity index (χ3n) is 0.175. The summed E-state index contributed by atoms with van der Waals surface area (Å²) in [6, 6.07) is 0. The van der Waals surface area contributed by atoms with Crippen LogP contribution in [0.5, 0.6) is 0 Å². The average molecular weight is 153 g/mol. The molecule has 0 aliphatic heterocycles. The molecule has 5 N–H and O–H groups in total. The van der Waals surface area contributed by atoms with Crippen LogP contribution in [-0.4, -0.2) is 20.9 Å². The van der Waals surface area contributed by atoms with Crippen LogP contribution in [0, 0.1) is 0 Å². The molecule has 9 heavy (non-hydrogen) atoms. The Morgan fingerprint density at radius 2 is 1.78 bits per heavy atom. The molecule has 0 saturated carbocycles. The zero-order valence-electron chi connectivity index (χ0n) is 4.56. The molecule has 0 aliphatic rings.